The number of nitrogens with one attached hydrogen (secondary N) is 1. The maximum absolute atomic E-state index is 12.3. The van der Waals surface area contributed by atoms with Crippen LogP contribution in [-0.4, -0.2) is 40.3 Å². The van der Waals surface area contributed by atoms with Gasteiger partial charge in [0, 0.05) is 25.0 Å². The van der Waals surface area contributed by atoms with Crippen LogP contribution in [0.2, 0.25) is 0 Å². The SMILES string of the molecule is Cc1nc(-c2cccnc2)sc1NC(=O)CN(C)C(=O)c1cccs1. The van der Waals surface area contributed by atoms with Crippen LogP contribution in [0.4, 0.5) is 5.00 Å². The molecule has 0 unspecified atom stereocenters. The van der Waals surface area contributed by atoms with Gasteiger partial charge in [0.15, 0.2) is 0 Å². The first-order chi connectivity index (χ1) is 12.0. The largest absolute Gasteiger partial charge is 0.332 e. The standard InChI is InChI=1S/C17H16N4O2S2/c1-11-15(25-16(19-11)12-5-3-7-18-9-12)20-14(22)10-21(2)17(23)13-6-4-8-24-13/h3-9H,10H2,1-2H3,(H,20,22). The topological polar surface area (TPSA) is 75.2 Å². The van der Waals surface area contributed by atoms with Gasteiger partial charge in [-0.1, -0.05) is 17.4 Å². The molecule has 1 N–H and O–H groups in total. The van der Waals surface area contributed by atoms with Crippen LogP contribution in [0, 0.1) is 6.92 Å². The summed E-state index contributed by atoms with van der Waals surface area (Å²) in [5, 5.41) is 6.15. The van der Waals surface area contributed by atoms with Crippen molar-refractivity contribution in [1.29, 1.82) is 0 Å². The van der Waals surface area contributed by atoms with Gasteiger partial charge in [0.05, 0.1) is 17.1 Å². The molecular formula is C17H16N4O2S2. The number of aromatic nitrogens is 2. The first kappa shape index (κ1) is 17.2. The Morgan fingerprint density at radius 1 is 1.28 bits per heavy atom. The van der Waals surface area contributed by atoms with E-state index in [4.69, 9.17) is 0 Å². The van der Waals surface area contributed by atoms with E-state index in [1.807, 2.05) is 30.5 Å². The van der Waals surface area contributed by atoms with Crippen LogP contribution >= 0.6 is 22.7 Å². The number of anilines is 1. The second kappa shape index (κ2) is 7.54. The molecule has 0 bridgehead atoms. The Morgan fingerprint density at radius 3 is 2.80 bits per heavy atom. The molecule has 0 fully saturated rings. The number of likely N-dealkylation sites (N-methyl/N-ethyl adjacent to an activating group) is 1. The number of thiazole rings is 1. The summed E-state index contributed by atoms with van der Waals surface area (Å²) in [5.41, 5.74) is 1.64. The predicted molar refractivity (Wildman–Crippen MR) is 100.0 cm³/mol. The Morgan fingerprint density at radius 2 is 2.12 bits per heavy atom. The molecule has 0 saturated carbocycles. The summed E-state index contributed by atoms with van der Waals surface area (Å²) in [5.74, 6) is -0.417. The van der Waals surface area contributed by atoms with Gasteiger partial charge < -0.3 is 10.2 Å². The van der Waals surface area contributed by atoms with Crippen LogP contribution in [0.15, 0.2) is 42.0 Å². The van der Waals surface area contributed by atoms with E-state index < -0.39 is 0 Å². The molecule has 0 spiro atoms. The second-order valence-electron chi connectivity index (χ2n) is 5.36. The second-order valence-corrected chi connectivity index (χ2v) is 7.31. The first-order valence-electron chi connectivity index (χ1n) is 7.51. The van der Waals surface area contributed by atoms with E-state index in [0.717, 1.165) is 16.3 Å². The zero-order valence-electron chi connectivity index (χ0n) is 13.7. The van der Waals surface area contributed by atoms with E-state index in [1.54, 1.807) is 25.5 Å². The number of amides is 2. The molecule has 3 heterocycles. The molecule has 3 aromatic rings. The highest BCUT2D eigenvalue weighted by molar-refractivity contribution is 7.19. The average Bonchev–Trinajstić information content (AvgIpc) is 3.25. The zero-order chi connectivity index (χ0) is 17.8. The van der Waals surface area contributed by atoms with Gasteiger partial charge in [0.2, 0.25) is 5.91 Å². The molecule has 0 aliphatic heterocycles. The Kier molecular flexibility index (Phi) is 5.20. The Bertz CT molecular complexity index is 875. The van der Waals surface area contributed by atoms with Crippen molar-refractivity contribution in [2.24, 2.45) is 0 Å². The number of pyridine rings is 1. The minimum Gasteiger partial charge on any atom is -0.332 e. The fourth-order valence-electron chi connectivity index (χ4n) is 2.17. The van der Waals surface area contributed by atoms with Crippen LogP contribution in [-0.2, 0) is 4.79 Å². The first-order valence-corrected chi connectivity index (χ1v) is 9.21. The number of hydrogen-bond acceptors (Lipinski definition) is 6. The normalized spacial score (nSPS) is 10.5. The zero-order valence-corrected chi connectivity index (χ0v) is 15.4. The molecule has 2 amide bonds. The maximum atomic E-state index is 12.3. The highest BCUT2D eigenvalue weighted by Crippen LogP contribution is 2.31. The van der Waals surface area contributed by atoms with Gasteiger partial charge in [-0.15, -0.1) is 11.3 Å². The lowest BCUT2D eigenvalue weighted by atomic mass is 10.3. The Labute approximate surface area is 153 Å². The van der Waals surface area contributed by atoms with Crippen LogP contribution in [0.25, 0.3) is 10.6 Å². The lowest BCUT2D eigenvalue weighted by Crippen LogP contribution is -2.34. The number of carbonyl (C=O) groups excluding carboxylic acids is 2. The Balaban J connectivity index is 1.65. The van der Waals surface area contributed by atoms with E-state index in [1.165, 1.54) is 27.6 Å². The minimum absolute atomic E-state index is 0.0176. The highest BCUT2D eigenvalue weighted by Gasteiger charge is 2.17. The summed E-state index contributed by atoms with van der Waals surface area (Å²) in [6.45, 7) is 1.82. The van der Waals surface area contributed by atoms with Gasteiger partial charge in [-0.25, -0.2) is 4.98 Å². The number of rotatable bonds is 5. The summed E-state index contributed by atoms with van der Waals surface area (Å²) < 4.78 is 0. The molecule has 0 radical (unpaired) electrons. The molecule has 25 heavy (non-hydrogen) atoms. The van der Waals surface area contributed by atoms with Gasteiger partial charge in [0.1, 0.15) is 10.0 Å². The van der Waals surface area contributed by atoms with Gasteiger partial charge in [0.25, 0.3) is 5.91 Å². The molecule has 0 aromatic carbocycles. The van der Waals surface area contributed by atoms with E-state index in [0.29, 0.717) is 9.88 Å². The number of carbonyl (C=O) groups is 2. The van der Waals surface area contributed by atoms with E-state index in [9.17, 15) is 9.59 Å². The third-order valence-corrected chi connectivity index (χ3v) is 5.40. The smallest absolute Gasteiger partial charge is 0.264 e. The van der Waals surface area contributed by atoms with Crippen molar-refractivity contribution in [2.75, 3.05) is 18.9 Å². The van der Waals surface area contributed by atoms with Crippen molar-refractivity contribution in [3.05, 3.63) is 52.6 Å². The van der Waals surface area contributed by atoms with Crippen LogP contribution in [0.3, 0.4) is 0 Å². The van der Waals surface area contributed by atoms with Gasteiger partial charge in [-0.3, -0.25) is 14.6 Å². The van der Waals surface area contributed by atoms with Crippen LogP contribution in [0.5, 0.6) is 0 Å². The molecule has 0 aliphatic carbocycles. The molecule has 0 atom stereocenters. The predicted octanol–water partition coefficient (Wildman–Crippen LogP) is 3.29. The molecule has 0 aliphatic rings. The molecule has 8 heteroatoms. The Hall–Kier alpha value is -2.58. The van der Waals surface area contributed by atoms with Crippen molar-refractivity contribution in [3.8, 4) is 10.6 Å². The van der Waals surface area contributed by atoms with E-state index in [-0.39, 0.29) is 18.4 Å². The van der Waals surface area contributed by atoms with Crippen molar-refractivity contribution in [3.63, 3.8) is 0 Å². The molecule has 0 saturated heterocycles. The van der Waals surface area contributed by atoms with Crippen LogP contribution < -0.4 is 5.32 Å². The third-order valence-electron chi connectivity index (χ3n) is 3.42. The van der Waals surface area contributed by atoms with E-state index >= 15 is 0 Å². The highest BCUT2D eigenvalue weighted by atomic mass is 32.1. The summed E-state index contributed by atoms with van der Waals surface area (Å²) in [6, 6.07) is 7.32. The summed E-state index contributed by atoms with van der Waals surface area (Å²) in [7, 11) is 1.61. The molecular weight excluding hydrogens is 356 g/mol. The lowest BCUT2D eigenvalue weighted by molar-refractivity contribution is -0.116. The van der Waals surface area contributed by atoms with Crippen LogP contribution in [0.1, 0.15) is 15.4 Å². The maximum Gasteiger partial charge on any atom is 0.264 e. The third kappa shape index (κ3) is 4.09. The molecule has 128 valence electrons. The fourth-order valence-corrected chi connectivity index (χ4v) is 3.86. The summed E-state index contributed by atoms with van der Waals surface area (Å²) in [4.78, 5) is 35.0. The number of nitrogens with zero attached hydrogens (tertiary/aromatic N) is 3. The van der Waals surface area contributed by atoms with Gasteiger partial charge in [-0.05, 0) is 30.5 Å². The van der Waals surface area contributed by atoms with Crippen molar-refractivity contribution in [2.45, 2.75) is 6.92 Å². The van der Waals surface area contributed by atoms with Crippen molar-refractivity contribution < 1.29 is 9.59 Å². The lowest BCUT2D eigenvalue weighted by Gasteiger charge is -2.15. The molecule has 3 rings (SSSR count). The monoisotopic (exact) mass is 372 g/mol. The number of hydrogen-bond donors (Lipinski definition) is 1. The molecule has 6 nitrogen and oxygen atoms in total. The fraction of sp³-hybridized carbons (Fsp3) is 0.176. The molecule has 3 aromatic heterocycles. The minimum atomic E-state index is -0.253. The van der Waals surface area contributed by atoms with Crippen molar-refractivity contribution >= 4 is 39.5 Å². The number of aryl methyl sites for hydroxylation is 1. The summed E-state index contributed by atoms with van der Waals surface area (Å²) >= 11 is 2.75. The van der Waals surface area contributed by atoms with E-state index in [2.05, 4.69) is 15.3 Å². The van der Waals surface area contributed by atoms with Gasteiger partial charge in [-0.2, -0.15) is 0 Å². The average molecular weight is 372 g/mol. The van der Waals surface area contributed by atoms with Gasteiger partial charge >= 0.3 is 0 Å². The number of thiophene rings is 1. The summed E-state index contributed by atoms with van der Waals surface area (Å²) in [6.07, 6.45) is 3.43. The van der Waals surface area contributed by atoms with Crippen molar-refractivity contribution in [1.82, 2.24) is 14.9 Å². The quantitative estimate of drug-likeness (QED) is 0.746.